The molecule has 0 saturated carbocycles. The summed E-state index contributed by atoms with van der Waals surface area (Å²) < 4.78 is 4.83. The monoisotopic (exact) mass is 261 g/mol. The van der Waals surface area contributed by atoms with Gasteiger partial charge in [0.2, 0.25) is 0 Å². The zero-order valence-electron chi connectivity index (χ0n) is 7.47. The third-order valence-electron chi connectivity index (χ3n) is 2.00. The van der Waals surface area contributed by atoms with Gasteiger partial charge in [-0.25, -0.2) is 4.79 Å². The van der Waals surface area contributed by atoms with Gasteiger partial charge in [-0.3, -0.25) is 4.79 Å². The lowest BCUT2D eigenvalue weighted by atomic mass is 10.2. The molecule has 0 aliphatic heterocycles. The van der Waals surface area contributed by atoms with Gasteiger partial charge in [-0.1, -0.05) is 11.6 Å². The van der Waals surface area contributed by atoms with E-state index < -0.39 is 27.7 Å². The van der Waals surface area contributed by atoms with Crippen LogP contribution in [0.15, 0.2) is 20.2 Å². The molecule has 0 fully saturated rings. The predicted molar refractivity (Wildman–Crippen MR) is 59.5 cm³/mol. The van der Waals surface area contributed by atoms with E-state index in [0.717, 1.165) is 6.07 Å². The fourth-order valence-electron chi connectivity index (χ4n) is 1.26. The summed E-state index contributed by atoms with van der Waals surface area (Å²) in [6, 6.07) is 0.900. The predicted octanol–water partition coefficient (Wildman–Crippen LogP) is 0.712. The highest BCUT2D eigenvalue weighted by Crippen LogP contribution is 2.36. The van der Waals surface area contributed by atoms with Crippen molar-refractivity contribution in [3.05, 3.63) is 31.9 Å². The number of aromatic hydroxyl groups is 2. The quantitative estimate of drug-likeness (QED) is 0.480. The molecule has 0 aliphatic rings. The molecule has 2 rings (SSSR count). The summed E-state index contributed by atoms with van der Waals surface area (Å²) in [4.78, 5) is 22.9. The molecule has 6 nitrogen and oxygen atoms in total. The zero-order valence-corrected chi connectivity index (χ0v) is 9.12. The average molecular weight is 262 g/mol. The number of aromatic nitrogens is 1. The van der Waals surface area contributed by atoms with Gasteiger partial charge in [0.25, 0.3) is 5.56 Å². The maximum atomic E-state index is 11.5. The van der Waals surface area contributed by atoms with Crippen LogP contribution in [-0.2, 0) is 0 Å². The normalized spacial score (nSPS) is 10.9. The van der Waals surface area contributed by atoms with Gasteiger partial charge >= 0.3 is 5.63 Å². The first-order valence-electron chi connectivity index (χ1n) is 3.93. The van der Waals surface area contributed by atoms with Gasteiger partial charge in [-0.15, -0.1) is 4.15 Å². The number of nitrogens with zero attached hydrogens (tertiary/aromatic N) is 1. The number of phenolic OH excluding ortho intramolecular Hbond substituents is 2. The largest absolute Gasteiger partial charge is 0.504 e. The van der Waals surface area contributed by atoms with E-state index in [2.05, 4.69) is 17.3 Å². The van der Waals surface area contributed by atoms with Crippen LogP contribution in [-0.4, -0.2) is 14.4 Å². The van der Waals surface area contributed by atoms with Gasteiger partial charge < -0.3 is 14.7 Å². The van der Waals surface area contributed by atoms with Crippen molar-refractivity contribution < 1.29 is 14.7 Å². The van der Waals surface area contributed by atoms with Crippen molar-refractivity contribution in [2.45, 2.75) is 0 Å². The maximum Gasteiger partial charge on any atom is 0.365 e. The number of benzene rings is 1. The number of halogens is 1. The molecule has 0 bridgehead atoms. The molecule has 8 heteroatoms. The van der Waals surface area contributed by atoms with Crippen LogP contribution in [0.5, 0.6) is 11.5 Å². The van der Waals surface area contributed by atoms with E-state index in [1.165, 1.54) is 0 Å². The number of thiol groups is 1. The van der Waals surface area contributed by atoms with Crippen molar-refractivity contribution >= 4 is 35.2 Å². The molecule has 0 saturated heterocycles. The van der Waals surface area contributed by atoms with E-state index in [1.54, 1.807) is 0 Å². The number of fused-ring (bicyclic) bond motifs is 1. The standard InChI is InChI=1S/C8H4ClNO5S/c9-5-4-2(1-3(11)6(5)12)8(14)15-10(16)7(4)13/h1,11-12,16H. The Labute approximate surface area is 97.8 Å². The van der Waals surface area contributed by atoms with Gasteiger partial charge in [-0.2, -0.15) is 0 Å². The van der Waals surface area contributed by atoms with Gasteiger partial charge in [0.1, 0.15) is 0 Å². The Bertz CT molecular complexity index is 704. The molecule has 1 aromatic carbocycles. The van der Waals surface area contributed by atoms with Crippen LogP contribution in [0.1, 0.15) is 0 Å². The van der Waals surface area contributed by atoms with Crippen molar-refractivity contribution in [2.24, 2.45) is 0 Å². The molecule has 0 atom stereocenters. The first kappa shape index (κ1) is 10.9. The van der Waals surface area contributed by atoms with Crippen molar-refractivity contribution in [3.8, 4) is 11.5 Å². The fourth-order valence-corrected chi connectivity index (χ4v) is 1.71. The van der Waals surface area contributed by atoms with Crippen LogP contribution in [0.25, 0.3) is 10.8 Å². The Balaban J connectivity index is 3.21. The van der Waals surface area contributed by atoms with Crippen LogP contribution in [0.2, 0.25) is 5.02 Å². The first-order valence-corrected chi connectivity index (χ1v) is 4.71. The molecular formula is C8H4ClNO5S. The van der Waals surface area contributed by atoms with Gasteiger partial charge in [0, 0.05) is 0 Å². The Morgan fingerprint density at radius 2 is 2.00 bits per heavy atom. The molecule has 84 valence electrons. The first-order chi connectivity index (χ1) is 7.43. The highest BCUT2D eigenvalue weighted by atomic mass is 35.5. The third-order valence-corrected chi connectivity index (χ3v) is 2.63. The van der Waals surface area contributed by atoms with Gasteiger partial charge in [0.15, 0.2) is 11.5 Å². The summed E-state index contributed by atoms with van der Waals surface area (Å²) in [5.41, 5.74) is -1.71. The van der Waals surface area contributed by atoms with Crippen LogP contribution in [0.3, 0.4) is 0 Å². The fraction of sp³-hybridized carbons (Fsp3) is 0. The van der Waals surface area contributed by atoms with E-state index in [1.807, 2.05) is 0 Å². The van der Waals surface area contributed by atoms with Crippen molar-refractivity contribution in [1.82, 2.24) is 4.15 Å². The number of rotatable bonds is 0. The number of hydrogen-bond donors (Lipinski definition) is 3. The summed E-state index contributed by atoms with van der Waals surface area (Å²) in [5.74, 6) is -1.29. The van der Waals surface area contributed by atoms with E-state index in [0.29, 0.717) is 4.15 Å². The summed E-state index contributed by atoms with van der Waals surface area (Å²) in [7, 11) is 0. The molecule has 2 aromatic rings. The smallest absolute Gasteiger partial charge is 0.365 e. The second-order valence-electron chi connectivity index (χ2n) is 2.94. The second-order valence-corrected chi connectivity index (χ2v) is 3.68. The van der Waals surface area contributed by atoms with Gasteiger partial charge in [0.05, 0.1) is 15.8 Å². The molecule has 0 amide bonds. The molecule has 0 spiro atoms. The van der Waals surface area contributed by atoms with Crippen molar-refractivity contribution in [2.75, 3.05) is 0 Å². The van der Waals surface area contributed by atoms with E-state index in [-0.39, 0.29) is 10.8 Å². The average Bonchev–Trinajstić information content (AvgIpc) is 2.22. The van der Waals surface area contributed by atoms with E-state index >= 15 is 0 Å². The Hall–Kier alpha value is -1.60. The summed E-state index contributed by atoms with van der Waals surface area (Å²) in [6.45, 7) is 0. The lowest BCUT2D eigenvalue weighted by Crippen LogP contribution is -2.19. The van der Waals surface area contributed by atoms with Crippen LogP contribution in [0, 0.1) is 0 Å². The Morgan fingerprint density at radius 3 is 2.62 bits per heavy atom. The minimum absolute atomic E-state index is 0.226. The van der Waals surface area contributed by atoms with E-state index in [9.17, 15) is 19.8 Å². The van der Waals surface area contributed by atoms with Crippen LogP contribution in [0.4, 0.5) is 0 Å². The minimum Gasteiger partial charge on any atom is -0.504 e. The minimum atomic E-state index is -0.901. The molecule has 2 N–H and O–H groups in total. The maximum absolute atomic E-state index is 11.5. The topological polar surface area (TPSA) is 92.7 Å². The third kappa shape index (κ3) is 1.36. The molecule has 0 radical (unpaired) electrons. The molecule has 1 aromatic heterocycles. The van der Waals surface area contributed by atoms with E-state index in [4.69, 9.17) is 11.6 Å². The zero-order chi connectivity index (χ0) is 12.0. The lowest BCUT2D eigenvalue weighted by molar-refractivity contribution is 0.340. The lowest BCUT2D eigenvalue weighted by Gasteiger charge is -2.04. The summed E-state index contributed by atoms with van der Waals surface area (Å²) in [5, 5.41) is 17.7. The highest BCUT2D eigenvalue weighted by molar-refractivity contribution is 7.78. The summed E-state index contributed by atoms with van der Waals surface area (Å²) >= 11 is 9.23. The molecule has 0 unspecified atom stereocenters. The van der Waals surface area contributed by atoms with Crippen LogP contribution >= 0.6 is 24.4 Å². The Kier molecular flexibility index (Phi) is 2.36. The van der Waals surface area contributed by atoms with Crippen molar-refractivity contribution in [3.63, 3.8) is 0 Å². The van der Waals surface area contributed by atoms with Crippen LogP contribution < -0.4 is 11.2 Å². The molecule has 16 heavy (non-hydrogen) atoms. The molecular weight excluding hydrogens is 258 g/mol. The second kappa shape index (κ2) is 3.46. The SMILES string of the molecule is O=c1on(S)c(=O)c2c(Cl)c(O)c(O)cc12. The number of hydrogen-bond acceptors (Lipinski definition) is 6. The highest BCUT2D eigenvalue weighted by Gasteiger charge is 2.17. The molecule has 1 heterocycles. The number of phenols is 2. The Morgan fingerprint density at radius 1 is 1.38 bits per heavy atom. The summed E-state index contributed by atoms with van der Waals surface area (Å²) in [6.07, 6.45) is 0. The van der Waals surface area contributed by atoms with Crippen molar-refractivity contribution in [1.29, 1.82) is 0 Å². The van der Waals surface area contributed by atoms with Gasteiger partial charge in [-0.05, 0) is 18.9 Å². The molecule has 0 aliphatic carbocycles.